The number of carbonyl (C=O) groups is 2. The van der Waals surface area contributed by atoms with Crippen LogP contribution in [0.2, 0.25) is 0 Å². The van der Waals surface area contributed by atoms with E-state index in [0.717, 1.165) is 6.92 Å². The Labute approximate surface area is 105 Å². The van der Waals surface area contributed by atoms with Crippen LogP contribution in [-0.2, 0) is 16.0 Å². The van der Waals surface area contributed by atoms with E-state index in [-0.39, 0.29) is 6.42 Å². The molecule has 0 heterocycles. The second kappa shape index (κ2) is 7.94. The van der Waals surface area contributed by atoms with Crippen LogP contribution in [0.5, 0.6) is 11.5 Å². The maximum absolute atomic E-state index is 10.5. The van der Waals surface area contributed by atoms with E-state index in [1.165, 1.54) is 14.2 Å². The van der Waals surface area contributed by atoms with Gasteiger partial charge in [0.05, 0.1) is 20.6 Å². The van der Waals surface area contributed by atoms with Crippen LogP contribution in [0.25, 0.3) is 0 Å². The number of ether oxygens (including phenoxy) is 2. The summed E-state index contributed by atoms with van der Waals surface area (Å²) in [5.74, 6) is -0.551. The third-order valence-electron chi connectivity index (χ3n) is 1.80. The maximum atomic E-state index is 10.5. The molecule has 1 aromatic rings. The lowest BCUT2D eigenvalue weighted by atomic mass is 10.1. The first-order valence-electron chi connectivity index (χ1n) is 5.03. The molecule has 18 heavy (non-hydrogen) atoms. The predicted octanol–water partition coefficient (Wildman–Crippen LogP) is 1.42. The molecule has 1 aromatic carbocycles. The van der Waals surface area contributed by atoms with Crippen LogP contribution in [-0.4, -0.2) is 36.4 Å². The summed E-state index contributed by atoms with van der Waals surface area (Å²) in [6, 6.07) is 5.06. The Balaban J connectivity index is 0.000000631. The molecule has 0 aliphatic carbocycles. The van der Waals surface area contributed by atoms with Gasteiger partial charge in [0, 0.05) is 6.92 Å². The van der Waals surface area contributed by atoms with Crippen molar-refractivity contribution in [3.63, 3.8) is 0 Å². The highest BCUT2D eigenvalue weighted by Gasteiger charge is 2.06. The Morgan fingerprint density at radius 2 is 1.61 bits per heavy atom. The molecule has 0 radical (unpaired) electrons. The van der Waals surface area contributed by atoms with Crippen LogP contribution in [0.3, 0.4) is 0 Å². The number of carboxylic acid groups (broad SMARTS) is 2. The standard InChI is InChI=1S/C10H12O4.C2H4O2/c1-13-8-4-3-7(6-10(11)12)5-9(8)14-2;1-2(3)4/h3-5H,6H2,1-2H3,(H,11,12);1H3,(H,3,4). The highest BCUT2D eigenvalue weighted by molar-refractivity contribution is 5.70. The van der Waals surface area contributed by atoms with Gasteiger partial charge in [0.15, 0.2) is 11.5 Å². The van der Waals surface area contributed by atoms with Gasteiger partial charge in [-0.05, 0) is 17.7 Å². The monoisotopic (exact) mass is 256 g/mol. The molecule has 100 valence electrons. The van der Waals surface area contributed by atoms with Crippen molar-refractivity contribution in [1.29, 1.82) is 0 Å². The smallest absolute Gasteiger partial charge is 0.307 e. The van der Waals surface area contributed by atoms with Crippen molar-refractivity contribution in [3.05, 3.63) is 23.8 Å². The molecule has 0 unspecified atom stereocenters. The molecule has 0 aromatic heterocycles. The van der Waals surface area contributed by atoms with E-state index in [0.29, 0.717) is 17.1 Å². The van der Waals surface area contributed by atoms with Crippen molar-refractivity contribution in [2.24, 2.45) is 0 Å². The highest BCUT2D eigenvalue weighted by atomic mass is 16.5. The fraction of sp³-hybridized carbons (Fsp3) is 0.333. The lowest BCUT2D eigenvalue weighted by Crippen LogP contribution is -2.00. The largest absolute Gasteiger partial charge is 0.493 e. The Hall–Kier alpha value is -2.24. The zero-order valence-corrected chi connectivity index (χ0v) is 10.5. The second-order valence-corrected chi connectivity index (χ2v) is 3.28. The normalized spacial score (nSPS) is 8.83. The van der Waals surface area contributed by atoms with E-state index in [4.69, 9.17) is 24.5 Å². The first-order valence-corrected chi connectivity index (χ1v) is 5.03. The molecule has 0 saturated carbocycles. The first-order chi connectivity index (χ1) is 8.40. The summed E-state index contributed by atoms with van der Waals surface area (Å²) in [6.45, 7) is 1.08. The van der Waals surface area contributed by atoms with Gasteiger partial charge < -0.3 is 19.7 Å². The van der Waals surface area contributed by atoms with E-state index in [1.807, 2.05) is 0 Å². The van der Waals surface area contributed by atoms with E-state index in [1.54, 1.807) is 18.2 Å². The number of methoxy groups -OCH3 is 2. The molecule has 6 heteroatoms. The van der Waals surface area contributed by atoms with Gasteiger partial charge in [0.2, 0.25) is 0 Å². The quantitative estimate of drug-likeness (QED) is 0.846. The van der Waals surface area contributed by atoms with Gasteiger partial charge in [-0.3, -0.25) is 9.59 Å². The molecular formula is C12H16O6. The van der Waals surface area contributed by atoms with Crippen molar-refractivity contribution < 1.29 is 29.3 Å². The molecule has 0 fully saturated rings. The topological polar surface area (TPSA) is 93.1 Å². The fourth-order valence-corrected chi connectivity index (χ4v) is 1.17. The number of rotatable bonds is 4. The van der Waals surface area contributed by atoms with Gasteiger partial charge in [-0.2, -0.15) is 0 Å². The molecule has 0 bridgehead atoms. The highest BCUT2D eigenvalue weighted by Crippen LogP contribution is 2.27. The molecule has 0 amide bonds. The van der Waals surface area contributed by atoms with Crippen LogP contribution >= 0.6 is 0 Å². The van der Waals surface area contributed by atoms with E-state index in [2.05, 4.69) is 0 Å². The second-order valence-electron chi connectivity index (χ2n) is 3.28. The van der Waals surface area contributed by atoms with Crippen LogP contribution in [0.15, 0.2) is 18.2 Å². The van der Waals surface area contributed by atoms with Crippen molar-refractivity contribution in [2.45, 2.75) is 13.3 Å². The van der Waals surface area contributed by atoms with Gasteiger partial charge in [-0.15, -0.1) is 0 Å². The Kier molecular flexibility index (Phi) is 6.95. The summed E-state index contributed by atoms with van der Waals surface area (Å²) < 4.78 is 10.1. The average molecular weight is 256 g/mol. The average Bonchev–Trinajstić information content (AvgIpc) is 2.27. The molecule has 0 aliphatic rings. The number of hydrogen-bond acceptors (Lipinski definition) is 4. The van der Waals surface area contributed by atoms with E-state index < -0.39 is 11.9 Å². The fourth-order valence-electron chi connectivity index (χ4n) is 1.17. The third-order valence-corrected chi connectivity index (χ3v) is 1.80. The molecule has 0 spiro atoms. The van der Waals surface area contributed by atoms with Crippen LogP contribution < -0.4 is 9.47 Å². The molecule has 0 aliphatic heterocycles. The van der Waals surface area contributed by atoms with Gasteiger partial charge >= 0.3 is 5.97 Å². The van der Waals surface area contributed by atoms with Crippen molar-refractivity contribution in [2.75, 3.05) is 14.2 Å². The SMILES string of the molecule is CC(=O)O.COc1ccc(CC(=O)O)cc1OC. The Morgan fingerprint density at radius 1 is 1.11 bits per heavy atom. The Bertz CT molecular complexity index is 409. The van der Waals surface area contributed by atoms with Crippen molar-refractivity contribution in [1.82, 2.24) is 0 Å². The van der Waals surface area contributed by atoms with E-state index >= 15 is 0 Å². The minimum atomic E-state index is -0.864. The minimum absolute atomic E-state index is 0.0135. The molecule has 2 N–H and O–H groups in total. The number of carboxylic acids is 2. The predicted molar refractivity (Wildman–Crippen MR) is 64.2 cm³/mol. The van der Waals surface area contributed by atoms with Gasteiger partial charge in [-0.1, -0.05) is 6.07 Å². The summed E-state index contributed by atoms with van der Waals surface area (Å²) in [4.78, 5) is 19.5. The molecule has 0 saturated heterocycles. The third kappa shape index (κ3) is 6.37. The Morgan fingerprint density at radius 3 is 2.00 bits per heavy atom. The van der Waals surface area contributed by atoms with Crippen molar-refractivity contribution >= 4 is 11.9 Å². The van der Waals surface area contributed by atoms with E-state index in [9.17, 15) is 4.79 Å². The summed E-state index contributed by atoms with van der Waals surface area (Å²) in [5, 5.41) is 16.0. The number of aliphatic carboxylic acids is 2. The van der Waals surface area contributed by atoms with Crippen LogP contribution in [0.1, 0.15) is 12.5 Å². The molecule has 0 atom stereocenters. The van der Waals surface area contributed by atoms with Crippen molar-refractivity contribution in [3.8, 4) is 11.5 Å². The minimum Gasteiger partial charge on any atom is -0.493 e. The zero-order chi connectivity index (χ0) is 14.1. The maximum Gasteiger partial charge on any atom is 0.307 e. The number of benzene rings is 1. The van der Waals surface area contributed by atoms with Gasteiger partial charge in [-0.25, -0.2) is 0 Å². The molecule has 6 nitrogen and oxygen atoms in total. The van der Waals surface area contributed by atoms with Gasteiger partial charge in [0.1, 0.15) is 0 Å². The summed E-state index contributed by atoms with van der Waals surface area (Å²) in [5.41, 5.74) is 0.690. The molecule has 1 rings (SSSR count). The lowest BCUT2D eigenvalue weighted by Gasteiger charge is -2.08. The summed E-state index contributed by atoms with van der Waals surface area (Å²) >= 11 is 0. The summed E-state index contributed by atoms with van der Waals surface area (Å²) in [7, 11) is 3.05. The zero-order valence-electron chi connectivity index (χ0n) is 10.5. The van der Waals surface area contributed by atoms with Crippen LogP contribution in [0, 0.1) is 0 Å². The van der Waals surface area contributed by atoms with Gasteiger partial charge in [0.25, 0.3) is 5.97 Å². The first kappa shape index (κ1) is 15.8. The summed E-state index contributed by atoms with van der Waals surface area (Å²) in [6.07, 6.45) is -0.0135. The molecular weight excluding hydrogens is 240 g/mol. The number of hydrogen-bond donors (Lipinski definition) is 2. The lowest BCUT2D eigenvalue weighted by molar-refractivity contribution is -0.136. The van der Waals surface area contributed by atoms with Crippen LogP contribution in [0.4, 0.5) is 0 Å².